The number of benzene rings is 7. The number of nitrogens with zero attached hydrogens (tertiary/aromatic N) is 4. The molecule has 5 nitrogen and oxygen atoms in total. The zero-order chi connectivity index (χ0) is 35.0. The van der Waals surface area contributed by atoms with Crippen LogP contribution < -0.4 is 5.56 Å². The minimum absolute atomic E-state index is 0.0546. The molecule has 0 aliphatic heterocycles. The van der Waals surface area contributed by atoms with Crippen molar-refractivity contribution >= 4 is 65.3 Å². The number of hydrogen-bond donors (Lipinski definition) is 0. The average Bonchev–Trinajstić information content (AvgIpc) is 3.74. The second-order valence-corrected chi connectivity index (χ2v) is 13.6. The number of pyridine rings is 2. The van der Waals surface area contributed by atoms with E-state index in [0.717, 1.165) is 60.9 Å². The maximum absolute atomic E-state index is 13.9. The lowest BCUT2D eigenvalue weighted by atomic mass is 10.0. The molecular formula is C48H30N4O. The lowest BCUT2D eigenvalue weighted by molar-refractivity contribution is 1.04. The molecule has 0 saturated heterocycles. The first kappa shape index (κ1) is 29.5. The molecule has 0 amide bonds. The van der Waals surface area contributed by atoms with Gasteiger partial charge in [-0.2, -0.15) is 0 Å². The van der Waals surface area contributed by atoms with Gasteiger partial charge in [0, 0.05) is 43.7 Å². The molecule has 0 aliphatic carbocycles. The van der Waals surface area contributed by atoms with Gasteiger partial charge in [-0.1, -0.05) is 103 Å². The Kier molecular flexibility index (Phi) is 6.34. The molecule has 11 rings (SSSR count). The van der Waals surface area contributed by atoms with Crippen LogP contribution >= 0.6 is 0 Å². The van der Waals surface area contributed by atoms with Crippen molar-refractivity contribution in [3.63, 3.8) is 0 Å². The van der Waals surface area contributed by atoms with Crippen molar-refractivity contribution in [2.75, 3.05) is 0 Å². The normalized spacial score (nSPS) is 11.8. The van der Waals surface area contributed by atoms with Crippen LogP contribution in [0.3, 0.4) is 0 Å². The molecule has 53 heavy (non-hydrogen) atoms. The van der Waals surface area contributed by atoms with Gasteiger partial charge in [0.25, 0.3) is 5.56 Å². The summed E-state index contributed by atoms with van der Waals surface area (Å²) in [4.78, 5) is 18.9. The standard InChI is InChI=1S/C48H30N4O/c53-48-38-20-8-7-17-35(38)41-29-47(49-30-46(41)51(48)34-15-5-2-6-16-34)52-43-22-12-10-19-37(43)40-28-32(24-26-45(40)52)31-23-25-44-39(27-31)36-18-9-11-21-42(36)50(44)33-13-3-1-4-14-33/h1-30H. The van der Waals surface area contributed by atoms with E-state index >= 15 is 0 Å². The maximum Gasteiger partial charge on any atom is 0.263 e. The molecule has 0 spiro atoms. The Morgan fingerprint density at radius 1 is 0.340 bits per heavy atom. The van der Waals surface area contributed by atoms with E-state index in [1.54, 1.807) is 4.57 Å². The van der Waals surface area contributed by atoms with Crippen LogP contribution in [0.5, 0.6) is 0 Å². The van der Waals surface area contributed by atoms with Crippen molar-refractivity contribution in [3.8, 4) is 28.3 Å². The first-order valence-electron chi connectivity index (χ1n) is 17.8. The van der Waals surface area contributed by atoms with Crippen LogP contribution in [-0.2, 0) is 0 Å². The number of fused-ring (bicyclic) bond motifs is 9. The van der Waals surface area contributed by atoms with Crippen molar-refractivity contribution in [2.45, 2.75) is 0 Å². The van der Waals surface area contributed by atoms with Crippen molar-refractivity contribution < 1.29 is 0 Å². The Balaban J connectivity index is 1.12. The van der Waals surface area contributed by atoms with Gasteiger partial charge in [0.05, 0.1) is 33.8 Å². The van der Waals surface area contributed by atoms with Crippen molar-refractivity contribution in [1.29, 1.82) is 0 Å². The molecule has 0 saturated carbocycles. The molecule has 0 aliphatic rings. The Morgan fingerprint density at radius 3 is 1.42 bits per heavy atom. The lowest BCUT2D eigenvalue weighted by Gasteiger charge is -2.15. The van der Waals surface area contributed by atoms with Gasteiger partial charge in [-0.25, -0.2) is 4.98 Å². The van der Waals surface area contributed by atoms with E-state index in [1.165, 1.54) is 27.4 Å². The Hall–Kier alpha value is -7.24. The smallest absolute Gasteiger partial charge is 0.263 e. The summed E-state index contributed by atoms with van der Waals surface area (Å²) >= 11 is 0. The Labute approximate surface area is 303 Å². The number of rotatable bonds is 4. The third-order valence-corrected chi connectivity index (χ3v) is 10.7. The third kappa shape index (κ3) is 4.38. The summed E-state index contributed by atoms with van der Waals surface area (Å²) in [5.74, 6) is 0.801. The maximum atomic E-state index is 13.9. The molecule has 0 fully saturated rings. The monoisotopic (exact) mass is 678 g/mol. The van der Waals surface area contributed by atoms with Crippen LogP contribution in [0.15, 0.2) is 187 Å². The van der Waals surface area contributed by atoms with E-state index in [-0.39, 0.29) is 5.56 Å². The van der Waals surface area contributed by atoms with E-state index in [4.69, 9.17) is 4.98 Å². The molecule has 5 heteroatoms. The second kappa shape index (κ2) is 11.4. The minimum Gasteiger partial charge on any atom is -0.309 e. The van der Waals surface area contributed by atoms with E-state index < -0.39 is 0 Å². The quantitative estimate of drug-likeness (QED) is 0.174. The molecule has 0 N–H and O–H groups in total. The molecule has 11 aromatic rings. The van der Waals surface area contributed by atoms with Crippen molar-refractivity contribution in [1.82, 2.24) is 18.7 Å². The largest absolute Gasteiger partial charge is 0.309 e. The van der Waals surface area contributed by atoms with E-state index in [2.05, 4.69) is 130 Å². The summed E-state index contributed by atoms with van der Waals surface area (Å²) in [5, 5.41) is 7.34. The van der Waals surface area contributed by atoms with Gasteiger partial charge in [0.15, 0.2) is 0 Å². The molecule has 0 radical (unpaired) electrons. The van der Waals surface area contributed by atoms with Gasteiger partial charge in [-0.3, -0.25) is 13.9 Å². The highest BCUT2D eigenvalue weighted by Gasteiger charge is 2.18. The molecule has 248 valence electrons. The molecule has 4 aromatic heterocycles. The molecule has 0 atom stereocenters. The molecule has 4 heterocycles. The van der Waals surface area contributed by atoms with Crippen LogP contribution in [0.4, 0.5) is 0 Å². The predicted molar refractivity (Wildman–Crippen MR) is 219 cm³/mol. The Morgan fingerprint density at radius 2 is 0.792 bits per heavy atom. The highest BCUT2D eigenvalue weighted by atomic mass is 16.1. The summed E-state index contributed by atoms with van der Waals surface area (Å²) in [6, 6.07) is 61.1. The molecule has 7 aromatic carbocycles. The highest BCUT2D eigenvalue weighted by molar-refractivity contribution is 6.13. The zero-order valence-electron chi connectivity index (χ0n) is 28.5. The number of aromatic nitrogens is 4. The first-order valence-corrected chi connectivity index (χ1v) is 17.8. The minimum atomic E-state index is -0.0546. The van der Waals surface area contributed by atoms with E-state index in [0.29, 0.717) is 5.39 Å². The van der Waals surface area contributed by atoms with E-state index in [9.17, 15) is 4.79 Å². The summed E-state index contributed by atoms with van der Waals surface area (Å²) in [6.07, 6.45) is 1.85. The zero-order valence-corrected chi connectivity index (χ0v) is 28.5. The van der Waals surface area contributed by atoms with Crippen molar-refractivity contribution in [2.24, 2.45) is 0 Å². The number of hydrogen-bond acceptors (Lipinski definition) is 2. The van der Waals surface area contributed by atoms with Gasteiger partial charge >= 0.3 is 0 Å². The van der Waals surface area contributed by atoms with Crippen LogP contribution in [0, 0.1) is 0 Å². The highest BCUT2D eigenvalue weighted by Crippen LogP contribution is 2.38. The molecule has 0 unspecified atom stereocenters. The fourth-order valence-corrected chi connectivity index (χ4v) is 8.33. The summed E-state index contributed by atoms with van der Waals surface area (Å²) in [7, 11) is 0. The summed E-state index contributed by atoms with van der Waals surface area (Å²) in [5.41, 5.74) is 9.54. The van der Waals surface area contributed by atoms with Gasteiger partial charge in [0.1, 0.15) is 5.82 Å². The van der Waals surface area contributed by atoms with Crippen LogP contribution in [-0.4, -0.2) is 18.7 Å². The average molecular weight is 679 g/mol. The van der Waals surface area contributed by atoms with Gasteiger partial charge < -0.3 is 4.57 Å². The number of para-hydroxylation sites is 4. The van der Waals surface area contributed by atoms with Gasteiger partial charge in [-0.05, 0) is 89.3 Å². The lowest BCUT2D eigenvalue weighted by Crippen LogP contribution is -2.19. The molecule has 0 bridgehead atoms. The van der Waals surface area contributed by atoms with Crippen LogP contribution in [0.25, 0.3) is 93.6 Å². The fourth-order valence-electron chi connectivity index (χ4n) is 8.33. The van der Waals surface area contributed by atoms with Crippen molar-refractivity contribution in [3.05, 3.63) is 192 Å². The van der Waals surface area contributed by atoms with E-state index in [1.807, 2.05) is 60.8 Å². The first-order chi connectivity index (χ1) is 26.2. The predicted octanol–water partition coefficient (Wildman–Crippen LogP) is 11.4. The third-order valence-electron chi connectivity index (χ3n) is 10.7. The Bertz CT molecular complexity index is 3300. The molecular weight excluding hydrogens is 649 g/mol. The summed E-state index contributed by atoms with van der Waals surface area (Å²) in [6.45, 7) is 0. The van der Waals surface area contributed by atoms with Crippen LogP contribution in [0.2, 0.25) is 0 Å². The van der Waals surface area contributed by atoms with Gasteiger partial charge in [0.2, 0.25) is 0 Å². The summed E-state index contributed by atoms with van der Waals surface area (Å²) < 4.78 is 6.38. The topological polar surface area (TPSA) is 44.8 Å². The fraction of sp³-hybridized carbons (Fsp3) is 0. The van der Waals surface area contributed by atoms with Gasteiger partial charge in [-0.15, -0.1) is 0 Å². The SMILES string of the molecule is O=c1c2ccccc2c2cc(-n3c4ccccc4c4cc(-c5ccc6c(c5)c5ccccc5n6-c5ccccc5)ccc43)ncc2n1-c1ccccc1. The second-order valence-electron chi connectivity index (χ2n) is 13.6. The van der Waals surface area contributed by atoms with Crippen LogP contribution in [0.1, 0.15) is 0 Å².